The van der Waals surface area contributed by atoms with Gasteiger partial charge < -0.3 is 9.64 Å². The first-order valence-corrected chi connectivity index (χ1v) is 7.61. The number of nitrogens with zero attached hydrogens (tertiary/aromatic N) is 2. The lowest BCUT2D eigenvalue weighted by molar-refractivity contribution is 0.0772. The summed E-state index contributed by atoms with van der Waals surface area (Å²) in [6.45, 7) is 6.61. The number of carbonyl (C=O) groups is 1. The molecule has 0 bridgehead atoms. The van der Waals surface area contributed by atoms with Gasteiger partial charge in [0.25, 0.3) is 5.91 Å². The molecule has 1 amide bonds. The number of carbonyl (C=O) groups excluding carboxylic acids is 1. The van der Waals surface area contributed by atoms with Gasteiger partial charge in [0, 0.05) is 19.4 Å². The standard InChI is InChI=1S/C19H22N2O2/c1-4-7-16-8-5-6-9-18(16)23-13-12-21(3)19(22)17-14-20-11-10-15(17)2/h4-6,8-11,14H,1,7,12-13H2,2-3H3. The fraction of sp³-hybridized carbons (Fsp3) is 0.263. The van der Waals surface area contributed by atoms with Gasteiger partial charge in [-0.1, -0.05) is 24.3 Å². The van der Waals surface area contributed by atoms with Crippen LogP contribution < -0.4 is 4.74 Å². The van der Waals surface area contributed by atoms with E-state index in [0.717, 1.165) is 23.3 Å². The Hall–Kier alpha value is -2.62. The maximum absolute atomic E-state index is 12.4. The van der Waals surface area contributed by atoms with Crippen LogP contribution in [0.25, 0.3) is 0 Å². The minimum Gasteiger partial charge on any atom is -0.491 e. The number of aryl methyl sites for hydroxylation is 1. The average molecular weight is 310 g/mol. The quantitative estimate of drug-likeness (QED) is 0.737. The minimum atomic E-state index is -0.0430. The number of para-hydroxylation sites is 1. The highest BCUT2D eigenvalue weighted by Gasteiger charge is 2.14. The number of allylic oxidation sites excluding steroid dienone is 1. The van der Waals surface area contributed by atoms with Gasteiger partial charge >= 0.3 is 0 Å². The summed E-state index contributed by atoms with van der Waals surface area (Å²) in [5.74, 6) is 0.796. The third kappa shape index (κ3) is 4.42. The van der Waals surface area contributed by atoms with Gasteiger partial charge in [-0.15, -0.1) is 6.58 Å². The van der Waals surface area contributed by atoms with Crippen molar-refractivity contribution in [3.63, 3.8) is 0 Å². The molecule has 0 aliphatic carbocycles. The van der Waals surface area contributed by atoms with E-state index in [1.54, 1.807) is 24.3 Å². The Morgan fingerprint density at radius 1 is 1.35 bits per heavy atom. The van der Waals surface area contributed by atoms with Crippen LogP contribution in [0, 0.1) is 6.92 Å². The van der Waals surface area contributed by atoms with Crippen LogP contribution in [0.5, 0.6) is 5.75 Å². The van der Waals surface area contributed by atoms with Crippen molar-refractivity contribution < 1.29 is 9.53 Å². The van der Waals surface area contributed by atoms with Gasteiger partial charge in [-0.2, -0.15) is 0 Å². The first kappa shape index (κ1) is 16.7. The third-order valence-electron chi connectivity index (χ3n) is 3.64. The predicted molar refractivity (Wildman–Crippen MR) is 91.8 cm³/mol. The van der Waals surface area contributed by atoms with Gasteiger partial charge in [-0.25, -0.2) is 0 Å². The number of hydrogen-bond acceptors (Lipinski definition) is 3. The van der Waals surface area contributed by atoms with E-state index in [-0.39, 0.29) is 5.91 Å². The van der Waals surface area contributed by atoms with Gasteiger partial charge in [0.15, 0.2) is 0 Å². The molecule has 0 spiro atoms. The summed E-state index contributed by atoms with van der Waals surface area (Å²) in [6, 6.07) is 9.71. The molecule has 0 saturated carbocycles. The van der Waals surface area contributed by atoms with Crippen LogP contribution in [-0.2, 0) is 6.42 Å². The van der Waals surface area contributed by atoms with Crippen molar-refractivity contribution in [2.45, 2.75) is 13.3 Å². The van der Waals surface area contributed by atoms with Crippen LogP contribution >= 0.6 is 0 Å². The number of ether oxygens (including phenoxy) is 1. The highest BCUT2D eigenvalue weighted by Crippen LogP contribution is 2.18. The van der Waals surface area contributed by atoms with Crippen molar-refractivity contribution in [3.8, 4) is 5.75 Å². The van der Waals surface area contributed by atoms with Crippen molar-refractivity contribution >= 4 is 5.91 Å². The van der Waals surface area contributed by atoms with Crippen LogP contribution in [0.15, 0.2) is 55.4 Å². The molecule has 0 radical (unpaired) electrons. The summed E-state index contributed by atoms with van der Waals surface area (Å²) in [5.41, 5.74) is 2.65. The number of aromatic nitrogens is 1. The normalized spacial score (nSPS) is 10.2. The van der Waals surface area contributed by atoms with Crippen molar-refractivity contribution in [2.24, 2.45) is 0 Å². The van der Waals surface area contributed by atoms with E-state index in [9.17, 15) is 4.79 Å². The average Bonchev–Trinajstić information content (AvgIpc) is 2.56. The SMILES string of the molecule is C=CCc1ccccc1OCCN(C)C(=O)c1cnccc1C. The second-order valence-corrected chi connectivity index (χ2v) is 5.37. The molecule has 0 fully saturated rings. The zero-order valence-corrected chi connectivity index (χ0v) is 13.7. The molecule has 4 heteroatoms. The molecule has 0 atom stereocenters. The van der Waals surface area contributed by atoms with E-state index < -0.39 is 0 Å². The zero-order valence-electron chi connectivity index (χ0n) is 13.7. The molecule has 1 aromatic heterocycles. The molecule has 2 rings (SSSR count). The fourth-order valence-electron chi connectivity index (χ4n) is 2.26. The Kier molecular flexibility index (Phi) is 5.92. The Morgan fingerprint density at radius 2 is 2.13 bits per heavy atom. The molecule has 0 saturated heterocycles. The van der Waals surface area contributed by atoms with Gasteiger partial charge in [0.05, 0.1) is 12.1 Å². The summed E-state index contributed by atoms with van der Waals surface area (Å²) >= 11 is 0. The molecule has 0 N–H and O–H groups in total. The largest absolute Gasteiger partial charge is 0.491 e. The lowest BCUT2D eigenvalue weighted by atomic mass is 10.1. The third-order valence-corrected chi connectivity index (χ3v) is 3.64. The first-order valence-electron chi connectivity index (χ1n) is 7.61. The Morgan fingerprint density at radius 3 is 2.87 bits per heavy atom. The predicted octanol–water partition coefficient (Wildman–Crippen LogP) is 3.27. The van der Waals surface area contributed by atoms with E-state index in [1.807, 2.05) is 43.3 Å². The molecule has 23 heavy (non-hydrogen) atoms. The maximum atomic E-state index is 12.4. The number of pyridine rings is 1. The number of rotatable bonds is 7. The smallest absolute Gasteiger partial charge is 0.255 e. The first-order chi connectivity index (χ1) is 11.1. The second kappa shape index (κ2) is 8.13. The van der Waals surface area contributed by atoms with Gasteiger partial charge in [-0.3, -0.25) is 9.78 Å². The molecule has 1 aromatic carbocycles. The Bertz CT molecular complexity index is 683. The topological polar surface area (TPSA) is 42.4 Å². The Balaban J connectivity index is 1.92. The molecule has 2 aromatic rings. The van der Waals surface area contributed by atoms with Crippen LogP contribution in [0.1, 0.15) is 21.5 Å². The molecule has 4 nitrogen and oxygen atoms in total. The highest BCUT2D eigenvalue weighted by atomic mass is 16.5. The van der Waals surface area contributed by atoms with E-state index in [2.05, 4.69) is 11.6 Å². The fourth-order valence-corrected chi connectivity index (χ4v) is 2.26. The van der Waals surface area contributed by atoms with Crippen molar-refractivity contribution in [2.75, 3.05) is 20.2 Å². The molecule has 0 aliphatic heterocycles. The molecular weight excluding hydrogens is 288 g/mol. The van der Waals surface area contributed by atoms with Crippen LogP contribution in [0.3, 0.4) is 0 Å². The molecule has 0 unspecified atom stereocenters. The number of benzene rings is 1. The number of likely N-dealkylation sites (N-methyl/N-ethyl adjacent to an activating group) is 1. The summed E-state index contributed by atoms with van der Waals surface area (Å²) in [7, 11) is 1.77. The Labute approximate surface area is 137 Å². The lowest BCUT2D eigenvalue weighted by Crippen LogP contribution is -2.31. The van der Waals surface area contributed by atoms with Crippen molar-refractivity contribution in [1.29, 1.82) is 0 Å². The summed E-state index contributed by atoms with van der Waals surface area (Å²) in [6.07, 6.45) is 5.91. The van der Waals surface area contributed by atoms with Gasteiger partial charge in [0.2, 0.25) is 0 Å². The number of hydrogen-bond donors (Lipinski definition) is 0. The van der Waals surface area contributed by atoms with E-state index >= 15 is 0 Å². The molecule has 1 heterocycles. The highest BCUT2D eigenvalue weighted by molar-refractivity contribution is 5.95. The van der Waals surface area contributed by atoms with E-state index in [4.69, 9.17) is 4.74 Å². The molecule has 120 valence electrons. The summed E-state index contributed by atoms with van der Waals surface area (Å²) in [4.78, 5) is 18.1. The second-order valence-electron chi connectivity index (χ2n) is 5.37. The molecule has 0 aliphatic rings. The van der Waals surface area contributed by atoms with Crippen molar-refractivity contribution in [3.05, 3.63) is 72.1 Å². The van der Waals surface area contributed by atoms with Gasteiger partial charge in [0.1, 0.15) is 12.4 Å². The van der Waals surface area contributed by atoms with E-state index in [0.29, 0.717) is 18.7 Å². The van der Waals surface area contributed by atoms with Crippen LogP contribution in [0.4, 0.5) is 0 Å². The number of amides is 1. The van der Waals surface area contributed by atoms with Crippen LogP contribution in [-0.4, -0.2) is 36.0 Å². The van der Waals surface area contributed by atoms with Crippen molar-refractivity contribution in [1.82, 2.24) is 9.88 Å². The summed E-state index contributed by atoms with van der Waals surface area (Å²) < 4.78 is 5.82. The monoisotopic (exact) mass is 310 g/mol. The zero-order chi connectivity index (χ0) is 16.7. The molecular formula is C19H22N2O2. The lowest BCUT2D eigenvalue weighted by Gasteiger charge is -2.19. The minimum absolute atomic E-state index is 0.0430. The van der Waals surface area contributed by atoms with E-state index in [1.165, 1.54) is 0 Å². The van der Waals surface area contributed by atoms with Crippen LogP contribution in [0.2, 0.25) is 0 Å². The summed E-state index contributed by atoms with van der Waals surface area (Å²) in [5, 5.41) is 0. The van der Waals surface area contributed by atoms with Gasteiger partial charge in [-0.05, 0) is 36.6 Å². The maximum Gasteiger partial charge on any atom is 0.255 e.